The number of rotatable bonds is 6. The zero-order chi connectivity index (χ0) is 12.0. The Kier molecular flexibility index (Phi) is 4.75. The Balaban J connectivity index is 2.65. The van der Waals surface area contributed by atoms with Crippen molar-refractivity contribution in [2.45, 2.75) is 27.2 Å². The summed E-state index contributed by atoms with van der Waals surface area (Å²) in [7, 11) is 0. The van der Waals surface area contributed by atoms with Crippen molar-refractivity contribution in [2.24, 2.45) is 5.92 Å². The van der Waals surface area contributed by atoms with E-state index in [1.165, 1.54) is 0 Å². The van der Waals surface area contributed by atoms with Crippen molar-refractivity contribution in [2.75, 3.05) is 18.9 Å². The van der Waals surface area contributed by atoms with Crippen molar-refractivity contribution < 1.29 is 9.47 Å². The molecular formula is C10H18N4O2. The van der Waals surface area contributed by atoms with Crippen LogP contribution in [-0.2, 0) is 0 Å². The predicted octanol–water partition coefficient (Wildman–Crippen LogP) is 1.28. The molecule has 0 atom stereocenters. The van der Waals surface area contributed by atoms with Crippen LogP contribution in [0.3, 0.4) is 0 Å². The van der Waals surface area contributed by atoms with E-state index in [0.29, 0.717) is 19.1 Å². The number of anilines is 1. The number of nitrogens with zero attached hydrogens (tertiary/aromatic N) is 3. The Morgan fingerprint density at radius 2 is 1.75 bits per heavy atom. The van der Waals surface area contributed by atoms with Gasteiger partial charge in [0, 0.05) is 0 Å². The van der Waals surface area contributed by atoms with Gasteiger partial charge in [0.05, 0.1) is 13.2 Å². The Hall–Kier alpha value is -1.59. The minimum Gasteiger partial charge on any atom is -0.463 e. The van der Waals surface area contributed by atoms with Gasteiger partial charge in [0.2, 0.25) is 5.95 Å². The van der Waals surface area contributed by atoms with E-state index in [1.54, 1.807) is 0 Å². The molecule has 1 aromatic heterocycles. The van der Waals surface area contributed by atoms with Gasteiger partial charge in [-0.15, -0.1) is 4.98 Å². The average molecular weight is 226 g/mol. The predicted molar refractivity (Wildman–Crippen MR) is 60.4 cm³/mol. The van der Waals surface area contributed by atoms with Gasteiger partial charge in [-0.25, -0.2) is 0 Å². The maximum absolute atomic E-state index is 5.52. The Morgan fingerprint density at radius 3 is 2.31 bits per heavy atom. The normalized spacial score (nSPS) is 10.5. The molecule has 0 radical (unpaired) electrons. The van der Waals surface area contributed by atoms with Crippen molar-refractivity contribution in [3.8, 4) is 12.0 Å². The lowest BCUT2D eigenvalue weighted by molar-refractivity contribution is 0.237. The second kappa shape index (κ2) is 6.09. The summed E-state index contributed by atoms with van der Waals surface area (Å²) in [5.41, 5.74) is 5.52. The van der Waals surface area contributed by atoms with Gasteiger partial charge in [-0.1, -0.05) is 20.8 Å². The molecule has 0 aliphatic rings. The van der Waals surface area contributed by atoms with E-state index in [-0.39, 0.29) is 18.0 Å². The van der Waals surface area contributed by atoms with Crippen LogP contribution in [0.15, 0.2) is 0 Å². The largest absolute Gasteiger partial charge is 0.463 e. The number of aromatic nitrogens is 3. The maximum atomic E-state index is 5.52. The molecule has 0 unspecified atom stereocenters. The van der Waals surface area contributed by atoms with Crippen LogP contribution >= 0.6 is 0 Å². The first-order valence-corrected chi connectivity index (χ1v) is 5.39. The summed E-state index contributed by atoms with van der Waals surface area (Å²) in [6.07, 6.45) is 0.883. The van der Waals surface area contributed by atoms with E-state index in [2.05, 4.69) is 15.0 Å². The van der Waals surface area contributed by atoms with Crippen LogP contribution in [0, 0.1) is 5.92 Å². The van der Waals surface area contributed by atoms with Crippen LogP contribution in [-0.4, -0.2) is 28.2 Å². The second-order valence-electron chi connectivity index (χ2n) is 3.81. The molecule has 16 heavy (non-hydrogen) atoms. The number of nitrogens with two attached hydrogens (primary N) is 1. The fourth-order valence-corrected chi connectivity index (χ4v) is 0.916. The van der Waals surface area contributed by atoms with Crippen LogP contribution in [0.4, 0.5) is 5.95 Å². The third-order valence-electron chi connectivity index (χ3n) is 1.59. The third kappa shape index (κ3) is 4.29. The molecule has 6 nitrogen and oxygen atoms in total. The molecule has 1 heterocycles. The first-order valence-electron chi connectivity index (χ1n) is 5.39. The van der Waals surface area contributed by atoms with Crippen LogP contribution < -0.4 is 15.2 Å². The second-order valence-corrected chi connectivity index (χ2v) is 3.81. The fourth-order valence-electron chi connectivity index (χ4n) is 0.916. The SMILES string of the molecule is CCCOc1nc(N)nc(OCC(C)C)n1. The first kappa shape index (κ1) is 12.5. The van der Waals surface area contributed by atoms with Crippen LogP contribution in [0.1, 0.15) is 27.2 Å². The number of nitrogen functional groups attached to an aromatic ring is 1. The molecule has 0 bridgehead atoms. The van der Waals surface area contributed by atoms with Gasteiger partial charge in [-0.05, 0) is 12.3 Å². The van der Waals surface area contributed by atoms with Gasteiger partial charge in [-0.3, -0.25) is 0 Å². The third-order valence-corrected chi connectivity index (χ3v) is 1.59. The van der Waals surface area contributed by atoms with E-state index in [0.717, 1.165) is 6.42 Å². The Bertz CT molecular complexity index is 331. The van der Waals surface area contributed by atoms with E-state index in [4.69, 9.17) is 15.2 Å². The lowest BCUT2D eigenvalue weighted by Crippen LogP contribution is -2.10. The number of ether oxygens (including phenoxy) is 2. The zero-order valence-corrected chi connectivity index (χ0v) is 9.93. The number of hydrogen-bond donors (Lipinski definition) is 1. The van der Waals surface area contributed by atoms with Crippen LogP contribution in [0.2, 0.25) is 0 Å². The molecule has 1 rings (SSSR count). The molecule has 0 fully saturated rings. The molecule has 0 aliphatic heterocycles. The van der Waals surface area contributed by atoms with Gasteiger partial charge in [-0.2, -0.15) is 9.97 Å². The van der Waals surface area contributed by atoms with Crippen molar-refractivity contribution >= 4 is 5.95 Å². The minimum absolute atomic E-state index is 0.111. The topological polar surface area (TPSA) is 83.2 Å². The lowest BCUT2D eigenvalue weighted by Gasteiger charge is -2.08. The highest BCUT2D eigenvalue weighted by atomic mass is 16.5. The minimum atomic E-state index is 0.111. The molecule has 6 heteroatoms. The highest BCUT2D eigenvalue weighted by Gasteiger charge is 2.07. The van der Waals surface area contributed by atoms with Gasteiger partial charge in [0.25, 0.3) is 0 Å². The molecule has 0 saturated carbocycles. The summed E-state index contributed by atoms with van der Waals surface area (Å²) in [6.45, 7) is 7.17. The van der Waals surface area contributed by atoms with E-state index >= 15 is 0 Å². The van der Waals surface area contributed by atoms with E-state index in [1.807, 2.05) is 20.8 Å². The molecule has 1 aromatic rings. The first-order chi connectivity index (χ1) is 7.61. The summed E-state index contributed by atoms with van der Waals surface area (Å²) in [5.74, 6) is 0.512. The van der Waals surface area contributed by atoms with Gasteiger partial charge < -0.3 is 15.2 Å². The zero-order valence-electron chi connectivity index (χ0n) is 9.93. The average Bonchev–Trinajstić information content (AvgIpc) is 2.23. The van der Waals surface area contributed by atoms with Crippen LogP contribution in [0.5, 0.6) is 12.0 Å². The highest BCUT2D eigenvalue weighted by molar-refractivity contribution is 5.20. The standard InChI is InChI=1S/C10H18N4O2/c1-4-5-15-9-12-8(11)13-10(14-9)16-6-7(2)3/h7H,4-6H2,1-3H3,(H2,11,12,13,14). The summed E-state index contributed by atoms with van der Waals surface area (Å²) in [6, 6.07) is 0.431. The highest BCUT2D eigenvalue weighted by Crippen LogP contribution is 2.11. The summed E-state index contributed by atoms with van der Waals surface area (Å²) in [5, 5.41) is 0. The molecule has 0 amide bonds. The van der Waals surface area contributed by atoms with Crippen molar-refractivity contribution in [3.05, 3.63) is 0 Å². The lowest BCUT2D eigenvalue weighted by atomic mass is 10.2. The molecular weight excluding hydrogens is 208 g/mol. The van der Waals surface area contributed by atoms with Crippen molar-refractivity contribution in [1.82, 2.24) is 15.0 Å². The van der Waals surface area contributed by atoms with Crippen molar-refractivity contribution in [1.29, 1.82) is 0 Å². The summed E-state index contributed by atoms with van der Waals surface area (Å²) >= 11 is 0. The Morgan fingerprint density at radius 1 is 1.12 bits per heavy atom. The van der Waals surface area contributed by atoms with E-state index < -0.39 is 0 Å². The summed E-state index contributed by atoms with van der Waals surface area (Å²) in [4.78, 5) is 11.7. The fraction of sp³-hybridized carbons (Fsp3) is 0.700. The van der Waals surface area contributed by atoms with Gasteiger partial charge >= 0.3 is 12.0 Å². The molecule has 0 saturated heterocycles. The molecule has 90 valence electrons. The summed E-state index contributed by atoms with van der Waals surface area (Å²) < 4.78 is 10.6. The maximum Gasteiger partial charge on any atom is 0.324 e. The smallest absolute Gasteiger partial charge is 0.324 e. The molecule has 0 spiro atoms. The quantitative estimate of drug-likeness (QED) is 0.786. The van der Waals surface area contributed by atoms with Crippen LogP contribution in [0.25, 0.3) is 0 Å². The van der Waals surface area contributed by atoms with Crippen molar-refractivity contribution in [3.63, 3.8) is 0 Å². The molecule has 0 aliphatic carbocycles. The monoisotopic (exact) mass is 226 g/mol. The molecule has 0 aromatic carbocycles. The van der Waals surface area contributed by atoms with Gasteiger partial charge in [0.1, 0.15) is 0 Å². The molecule has 2 N–H and O–H groups in total. The number of hydrogen-bond acceptors (Lipinski definition) is 6. The van der Waals surface area contributed by atoms with Gasteiger partial charge in [0.15, 0.2) is 0 Å². The Labute approximate surface area is 95.2 Å². The van der Waals surface area contributed by atoms with E-state index in [9.17, 15) is 0 Å².